The molecular weight excluding hydrogens is 266 g/mol. The lowest BCUT2D eigenvalue weighted by Crippen LogP contribution is -2.25. The van der Waals surface area contributed by atoms with Crippen LogP contribution in [0, 0.1) is 17.0 Å². The molecule has 8 heteroatoms. The van der Waals surface area contributed by atoms with Gasteiger partial charge in [0.2, 0.25) is 5.82 Å². The number of ether oxygens (including phenoxy) is 1. The van der Waals surface area contributed by atoms with Gasteiger partial charge in [-0.05, 0) is 25.8 Å². The molecule has 2 rings (SSSR count). The summed E-state index contributed by atoms with van der Waals surface area (Å²) in [6, 6.07) is 1.57. The molecule has 0 aromatic carbocycles. The van der Waals surface area contributed by atoms with Gasteiger partial charge in [0.05, 0.1) is 11.0 Å². The Morgan fingerprint density at radius 3 is 3.00 bits per heavy atom. The summed E-state index contributed by atoms with van der Waals surface area (Å²) in [5, 5.41) is 22.7. The Bertz CT molecular complexity index is 534. The van der Waals surface area contributed by atoms with E-state index in [1.807, 2.05) is 0 Å². The van der Waals surface area contributed by atoms with Crippen molar-refractivity contribution in [2.45, 2.75) is 32.0 Å². The fourth-order valence-corrected chi connectivity index (χ4v) is 2.16. The summed E-state index contributed by atoms with van der Waals surface area (Å²) in [6.45, 7) is 1.93. The van der Waals surface area contributed by atoms with Gasteiger partial charge in [0.1, 0.15) is 0 Å². The number of carbonyl (C=O) groups is 1. The Morgan fingerprint density at radius 2 is 2.40 bits per heavy atom. The van der Waals surface area contributed by atoms with Gasteiger partial charge in [0, 0.05) is 18.3 Å². The number of aryl methyl sites for hydroxylation is 1. The van der Waals surface area contributed by atoms with Gasteiger partial charge in [-0.2, -0.15) is 0 Å². The van der Waals surface area contributed by atoms with Crippen LogP contribution >= 0.6 is 0 Å². The predicted octanol–water partition coefficient (Wildman–Crippen LogP) is 1.34. The van der Waals surface area contributed by atoms with Crippen molar-refractivity contribution in [2.24, 2.45) is 0 Å². The lowest BCUT2D eigenvalue weighted by Gasteiger charge is -2.13. The lowest BCUT2D eigenvalue weighted by atomic mass is 10.2. The van der Waals surface area contributed by atoms with Crippen LogP contribution in [0.3, 0.4) is 0 Å². The molecule has 0 bridgehead atoms. The number of aliphatic carboxylic acids is 1. The minimum atomic E-state index is -0.979. The van der Waals surface area contributed by atoms with Gasteiger partial charge in [-0.15, -0.1) is 0 Å². The number of nitro groups is 1. The molecule has 1 aliphatic rings. The number of carboxylic acid groups (broad SMARTS) is 1. The van der Waals surface area contributed by atoms with Gasteiger partial charge in [-0.3, -0.25) is 10.1 Å². The number of rotatable bonds is 5. The maximum absolute atomic E-state index is 11.0. The lowest BCUT2D eigenvalue weighted by molar-refractivity contribution is -0.384. The van der Waals surface area contributed by atoms with Gasteiger partial charge in [-0.25, -0.2) is 9.78 Å². The number of hydrogen-bond acceptors (Lipinski definition) is 6. The third kappa shape index (κ3) is 3.02. The predicted molar refractivity (Wildman–Crippen MR) is 69.6 cm³/mol. The highest BCUT2D eigenvalue weighted by Gasteiger charge is 2.30. The molecule has 0 radical (unpaired) electrons. The topological polar surface area (TPSA) is 115 Å². The van der Waals surface area contributed by atoms with Crippen molar-refractivity contribution in [3.63, 3.8) is 0 Å². The first-order valence-corrected chi connectivity index (χ1v) is 6.21. The summed E-state index contributed by atoms with van der Waals surface area (Å²) in [5.41, 5.74) is 0.448. The van der Waals surface area contributed by atoms with Gasteiger partial charge < -0.3 is 15.2 Å². The highest BCUT2D eigenvalue weighted by atomic mass is 16.6. The minimum absolute atomic E-state index is 0.0692. The van der Waals surface area contributed by atoms with Crippen LogP contribution in [0.15, 0.2) is 12.3 Å². The normalized spacial score (nSPS) is 21.6. The van der Waals surface area contributed by atoms with E-state index in [0.29, 0.717) is 24.9 Å². The number of carboxylic acids is 1. The maximum atomic E-state index is 11.0. The van der Waals surface area contributed by atoms with Crippen molar-refractivity contribution in [2.75, 3.05) is 11.9 Å². The van der Waals surface area contributed by atoms with Crippen LogP contribution in [0.25, 0.3) is 0 Å². The van der Waals surface area contributed by atoms with Crippen molar-refractivity contribution in [1.82, 2.24) is 4.98 Å². The molecule has 1 aromatic heterocycles. The molecule has 108 valence electrons. The molecule has 1 saturated heterocycles. The maximum Gasteiger partial charge on any atom is 0.332 e. The zero-order valence-electron chi connectivity index (χ0n) is 10.9. The number of nitrogens with zero attached hydrogens (tertiary/aromatic N) is 2. The summed E-state index contributed by atoms with van der Waals surface area (Å²) >= 11 is 0. The molecule has 2 atom stereocenters. The number of pyridine rings is 1. The molecule has 2 unspecified atom stereocenters. The van der Waals surface area contributed by atoms with Crippen LogP contribution in [0.2, 0.25) is 0 Å². The number of nitrogens with one attached hydrogen (secondary N) is 1. The minimum Gasteiger partial charge on any atom is -0.479 e. The zero-order valence-corrected chi connectivity index (χ0v) is 10.9. The molecule has 1 fully saturated rings. The van der Waals surface area contributed by atoms with E-state index in [-0.39, 0.29) is 17.6 Å². The van der Waals surface area contributed by atoms with Crippen molar-refractivity contribution in [3.8, 4) is 0 Å². The number of hydrogen-bond donors (Lipinski definition) is 2. The Balaban J connectivity index is 2.00. The first-order valence-electron chi connectivity index (χ1n) is 6.21. The molecule has 0 amide bonds. The van der Waals surface area contributed by atoms with Gasteiger partial charge in [-0.1, -0.05) is 0 Å². The summed E-state index contributed by atoms with van der Waals surface area (Å²) in [5.74, 6) is -0.801. The fourth-order valence-electron chi connectivity index (χ4n) is 2.16. The highest BCUT2D eigenvalue weighted by molar-refractivity contribution is 5.72. The number of aromatic nitrogens is 1. The van der Waals surface area contributed by atoms with E-state index >= 15 is 0 Å². The van der Waals surface area contributed by atoms with Crippen LogP contribution in [0.1, 0.15) is 18.4 Å². The van der Waals surface area contributed by atoms with Crippen LogP contribution in [0.5, 0.6) is 0 Å². The van der Waals surface area contributed by atoms with E-state index in [2.05, 4.69) is 10.3 Å². The van der Waals surface area contributed by atoms with E-state index in [1.54, 1.807) is 13.0 Å². The molecule has 0 aliphatic carbocycles. The van der Waals surface area contributed by atoms with E-state index in [9.17, 15) is 14.9 Å². The SMILES string of the molecule is Cc1ccnc(NCC2CCC(C(=O)O)O2)c1[N+](=O)[O-]. The second-order valence-corrected chi connectivity index (χ2v) is 4.63. The average molecular weight is 281 g/mol. The van der Waals surface area contributed by atoms with E-state index in [0.717, 1.165) is 0 Å². The second-order valence-electron chi connectivity index (χ2n) is 4.63. The molecule has 20 heavy (non-hydrogen) atoms. The Labute approximate surface area is 114 Å². The third-order valence-electron chi connectivity index (χ3n) is 3.19. The standard InChI is InChI=1S/C12H15N3O5/c1-7-4-5-13-11(10(7)15(18)19)14-6-8-2-3-9(20-8)12(16)17/h4-5,8-9H,2-3,6H2,1H3,(H,13,14)(H,16,17). The van der Waals surface area contributed by atoms with Crippen molar-refractivity contribution in [1.29, 1.82) is 0 Å². The highest BCUT2D eigenvalue weighted by Crippen LogP contribution is 2.26. The Hall–Kier alpha value is -2.22. The largest absolute Gasteiger partial charge is 0.479 e. The van der Waals surface area contributed by atoms with Crippen molar-refractivity contribution >= 4 is 17.5 Å². The quantitative estimate of drug-likeness (QED) is 0.618. The van der Waals surface area contributed by atoms with E-state index in [1.165, 1.54) is 6.20 Å². The summed E-state index contributed by atoms with van der Waals surface area (Å²) in [6.07, 6.45) is 1.47. The van der Waals surface area contributed by atoms with Crippen LogP contribution in [-0.4, -0.2) is 39.7 Å². The fraction of sp³-hybridized carbons (Fsp3) is 0.500. The first-order chi connectivity index (χ1) is 9.49. The summed E-state index contributed by atoms with van der Waals surface area (Å²) in [7, 11) is 0. The summed E-state index contributed by atoms with van der Waals surface area (Å²) < 4.78 is 5.32. The Kier molecular flexibility index (Phi) is 4.14. The first kappa shape index (κ1) is 14.2. The van der Waals surface area contributed by atoms with Crippen LogP contribution < -0.4 is 5.32 Å². The molecule has 0 saturated carbocycles. The molecule has 2 heterocycles. The van der Waals surface area contributed by atoms with Crippen molar-refractivity contribution in [3.05, 3.63) is 27.9 Å². The molecular formula is C12H15N3O5. The van der Waals surface area contributed by atoms with Crippen LogP contribution in [0.4, 0.5) is 11.5 Å². The van der Waals surface area contributed by atoms with E-state index in [4.69, 9.17) is 9.84 Å². The van der Waals surface area contributed by atoms with Gasteiger partial charge in [0.25, 0.3) is 0 Å². The van der Waals surface area contributed by atoms with E-state index < -0.39 is 17.0 Å². The smallest absolute Gasteiger partial charge is 0.332 e. The van der Waals surface area contributed by atoms with Gasteiger partial charge in [0.15, 0.2) is 6.10 Å². The van der Waals surface area contributed by atoms with Crippen molar-refractivity contribution < 1.29 is 19.6 Å². The number of anilines is 1. The molecule has 0 spiro atoms. The molecule has 8 nitrogen and oxygen atoms in total. The summed E-state index contributed by atoms with van der Waals surface area (Å²) in [4.78, 5) is 25.2. The zero-order chi connectivity index (χ0) is 14.7. The average Bonchev–Trinajstić information content (AvgIpc) is 2.84. The second kappa shape index (κ2) is 5.83. The monoisotopic (exact) mass is 281 g/mol. The third-order valence-corrected chi connectivity index (χ3v) is 3.19. The van der Waals surface area contributed by atoms with Crippen LogP contribution in [-0.2, 0) is 9.53 Å². The molecule has 1 aromatic rings. The molecule has 2 N–H and O–H groups in total. The molecule has 1 aliphatic heterocycles. The Morgan fingerprint density at radius 1 is 1.65 bits per heavy atom. The van der Waals surface area contributed by atoms with Gasteiger partial charge >= 0.3 is 11.7 Å².